The van der Waals surface area contributed by atoms with Gasteiger partial charge >= 0.3 is 0 Å². The predicted molar refractivity (Wildman–Crippen MR) is 55.0 cm³/mol. The third-order valence-electron chi connectivity index (χ3n) is 2.33. The van der Waals surface area contributed by atoms with E-state index in [2.05, 4.69) is 24.2 Å². The molecule has 14 heavy (non-hydrogen) atoms. The van der Waals surface area contributed by atoms with Gasteiger partial charge in [0.05, 0.1) is 24.9 Å². The first-order valence-electron chi connectivity index (χ1n) is 4.82. The summed E-state index contributed by atoms with van der Waals surface area (Å²) in [7, 11) is 0. The summed E-state index contributed by atoms with van der Waals surface area (Å²) in [6, 6.07) is 7.24. The second-order valence-corrected chi connectivity index (χ2v) is 3.24. The van der Waals surface area contributed by atoms with Crippen LogP contribution in [0.1, 0.15) is 12.5 Å². The lowest BCUT2D eigenvalue weighted by Crippen LogP contribution is -2.03. The maximum Gasteiger partial charge on any atom is 0.0689 e. The predicted octanol–water partition coefficient (Wildman–Crippen LogP) is 1.39. The fourth-order valence-corrected chi connectivity index (χ4v) is 1.55. The Bertz CT molecular complexity index is 434. The fourth-order valence-electron chi connectivity index (χ4n) is 1.55. The molecule has 2 rings (SSSR count). The highest BCUT2D eigenvalue weighted by molar-refractivity contribution is 5.79. The Kier molecular flexibility index (Phi) is 2.50. The zero-order chi connectivity index (χ0) is 9.97. The van der Waals surface area contributed by atoms with Crippen LogP contribution in [0.15, 0.2) is 18.3 Å². The second-order valence-electron chi connectivity index (χ2n) is 3.24. The van der Waals surface area contributed by atoms with Crippen molar-refractivity contribution in [2.24, 2.45) is 0 Å². The van der Waals surface area contributed by atoms with Crippen LogP contribution in [-0.2, 0) is 13.0 Å². The standard InChI is InChI=1S/C11H13N2O/c1-2-9-3-4-11-10(7-9)8-12-13(11)5-6-14/h4,7-8,14H,2,5-6H2,1H3. The molecule has 3 nitrogen and oxygen atoms in total. The molecule has 0 bridgehead atoms. The van der Waals surface area contributed by atoms with Crippen molar-refractivity contribution < 1.29 is 5.11 Å². The van der Waals surface area contributed by atoms with E-state index in [1.165, 1.54) is 5.56 Å². The van der Waals surface area contributed by atoms with Crippen molar-refractivity contribution in [2.75, 3.05) is 6.61 Å². The SMILES string of the molecule is CCc1[c]cc2c(cnn2CCO)c1. The van der Waals surface area contributed by atoms with E-state index < -0.39 is 0 Å². The Hall–Kier alpha value is -1.35. The lowest BCUT2D eigenvalue weighted by molar-refractivity contribution is 0.271. The van der Waals surface area contributed by atoms with Gasteiger partial charge in [0.25, 0.3) is 0 Å². The van der Waals surface area contributed by atoms with Crippen LogP contribution in [0.4, 0.5) is 0 Å². The molecular weight excluding hydrogens is 176 g/mol. The zero-order valence-corrected chi connectivity index (χ0v) is 8.20. The molecule has 0 aliphatic rings. The molecule has 3 heteroatoms. The van der Waals surface area contributed by atoms with Gasteiger partial charge in [-0.2, -0.15) is 5.10 Å². The molecule has 0 fully saturated rings. The highest BCUT2D eigenvalue weighted by Crippen LogP contribution is 2.15. The molecule has 73 valence electrons. The summed E-state index contributed by atoms with van der Waals surface area (Å²) >= 11 is 0. The van der Waals surface area contributed by atoms with Gasteiger partial charge < -0.3 is 5.11 Å². The first-order chi connectivity index (χ1) is 6.85. The Labute approximate surface area is 83.0 Å². The maximum atomic E-state index is 8.83. The van der Waals surface area contributed by atoms with Gasteiger partial charge in [-0.05, 0) is 30.2 Å². The molecular formula is C11H13N2O. The highest BCUT2D eigenvalue weighted by atomic mass is 16.3. The van der Waals surface area contributed by atoms with E-state index in [9.17, 15) is 0 Å². The van der Waals surface area contributed by atoms with E-state index in [1.807, 2.05) is 12.3 Å². The number of aliphatic hydroxyl groups excluding tert-OH is 1. The topological polar surface area (TPSA) is 38.0 Å². The monoisotopic (exact) mass is 189 g/mol. The molecule has 1 heterocycles. The third-order valence-corrected chi connectivity index (χ3v) is 2.33. The minimum Gasteiger partial charge on any atom is -0.394 e. The van der Waals surface area contributed by atoms with E-state index in [0.29, 0.717) is 6.54 Å². The van der Waals surface area contributed by atoms with Crippen LogP contribution in [0.5, 0.6) is 0 Å². The molecule has 1 aromatic heterocycles. The smallest absolute Gasteiger partial charge is 0.0689 e. The molecule has 1 aromatic carbocycles. The van der Waals surface area contributed by atoms with Crippen molar-refractivity contribution in [1.29, 1.82) is 0 Å². The quantitative estimate of drug-likeness (QED) is 0.792. The fraction of sp³-hybridized carbons (Fsp3) is 0.364. The van der Waals surface area contributed by atoms with Crippen LogP contribution in [0, 0.1) is 6.07 Å². The van der Waals surface area contributed by atoms with Crippen molar-refractivity contribution in [3.05, 3.63) is 30.0 Å². The largest absolute Gasteiger partial charge is 0.394 e. The van der Waals surface area contributed by atoms with Crippen LogP contribution in [0.25, 0.3) is 10.9 Å². The third kappa shape index (κ3) is 1.51. The average molecular weight is 189 g/mol. The number of nitrogens with zero attached hydrogens (tertiary/aromatic N) is 2. The van der Waals surface area contributed by atoms with Crippen molar-refractivity contribution in [3.8, 4) is 0 Å². The molecule has 0 spiro atoms. The number of aryl methyl sites for hydroxylation is 1. The van der Waals surface area contributed by atoms with E-state index in [1.54, 1.807) is 4.68 Å². The number of aliphatic hydroxyl groups is 1. The van der Waals surface area contributed by atoms with Gasteiger partial charge in [0.1, 0.15) is 0 Å². The lowest BCUT2D eigenvalue weighted by Gasteiger charge is -2.00. The van der Waals surface area contributed by atoms with Gasteiger partial charge in [-0.15, -0.1) is 0 Å². The molecule has 0 aliphatic heterocycles. The van der Waals surface area contributed by atoms with Crippen LogP contribution in [-0.4, -0.2) is 21.5 Å². The lowest BCUT2D eigenvalue weighted by atomic mass is 10.1. The molecule has 0 amide bonds. The van der Waals surface area contributed by atoms with E-state index in [0.717, 1.165) is 17.3 Å². The van der Waals surface area contributed by atoms with Crippen LogP contribution in [0.2, 0.25) is 0 Å². The van der Waals surface area contributed by atoms with Crippen molar-refractivity contribution in [1.82, 2.24) is 9.78 Å². The summed E-state index contributed by atoms with van der Waals surface area (Å²) in [4.78, 5) is 0. The number of aromatic nitrogens is 2. The Morgan fingerprint density at radius 1 is 1.57 bits per heavy atom. The van der Waals surface area contributed by atoms with E-state index in [-0.39, 0.29) is 6.61 Å². The molecule has 1 N–H and O–H groups in total. The minimum absolute atomic E-state index is 0.117. The van der Waals surface area contributed by atoms with Crippen LogP contribution < -0.4 is 0 Å². The summed E-state index contributed by atoms with van der Waals surface area (Å²) in [5.74, 6) is 0. The molecule has 0 unspecified atom stereocenters. The molecule has 0 aliphatic carbocycles. The van der Waals surface area contributed by atoms with Gasteiger partial charge in [-0.3, -0.25) is 4.68 Å². The average Bonchev–Trinajstić information content (AvgIpc) is 2.61. The summed E-state index contributed by atoms with van der Waals surface area (Å²) < 4.78 is 1.80. The molecule has 0 atom stereocenters. The first kappa shape index (κ1) is 9.21. The van der Waals surface area contributed by atoms with Gasteiger partial charge in [-0.25, -0.2) is 0 Å². The molecule has 0 saturated carbocycles. The van der Waals surface area contributed by atoms with Crippen LogP contribution in [0.3, 0.4) is 0 Å². The summed E-state index contributed by atoms with van der Waals surface area (Å²) in [5.41, 5.74) is 2.23. The van der Waals surface area contributed by atoms with Crippen molar-refractivity contribution in [2.45, 2.75) is 19.9 Å². The van der Waals surface area contributed by atoms with E-state index in [4.69, 9.17) is 5.11 Å². The molecule has 1 radical (unpaired) electrons. The Balaban J connectivity index is 2.48. The second kappa shape index (κ2) is 3.80. The number of rotatable bonds is 3. The Morgan fingerprint density at radius 2 is 2.43 bits per heavy atom. The highest BCUT2D eigenvalue weighted by Gasteiger charge is 2.02. The molecule has 0 saturated heterocycles. The van der Waals surface area contributed by atoms with Crippen molar-refractivity contribution in [3.63, 3.8) is 0 Å². The van der Waals surface area contributed by atoms with Gasteiger partial charge in [0, 0.05) is 5.39 Å². The summed E-state index contributed by atoms with van der Waals surface area (Å²) in [5, 5.41) is 14.1. The van der Waals surface area contributed by atoms with E-state index >= 15 is 0 Å². The zero-order valence-electron chi connectivity index (χ0n) is 8.20. The number of hydrogen-bond donors (Lipinski definition) is 1. The molecule has 2 aromatic rings. The van der Waals surface area contributed by atoms with Gasteiger partial charge in [0.2, 0.25) is 0 Å². The summed E-state index contributed by atoms with van der Waals surface area (Å²) in [6.45, 7) is 2.77. The van der Waals surface area contributed by atoms with Gasteiger partial charge in [-0.1, -0.05) is 6.92 Å². The number of hydrogen-bond acceptors (Lipinski definition) is 2. The number of fused-ring (bicyclic) bond motifs is 1. The van der Waals surface area contributed by atoms with Gasteiger partial charge in [0.15, 0.2) is 0 Å². The first-order valence-corrected chi connectivity index (χ1v) is 4.82. The Morgan fingerprint density at radius 3 is 3.14 bits per heavy atom. The number of benzene rings is 1. The minimum atomic E-state index is 0.117. The van der Waals surface area contributed by atoms with Crippen molar-refractivity contribution >= 4 is 10.9 Å². The maximum absolute atomic E-state index is 8.83. The van der Waals surface area contributed by atoms with Crippen LogP contribution >= 0.6 is 0 Å². The summed E-state index contributed by atoms with van der Waals surface area (Å²) in [6.07, 6.45) is 2.82. The normalized spacial score (nSPS) is 11.0.